The van der Waals surface area contributed by atoms with Gasteiger partial charge in [0.25, 0.3) is 5.91 Å². The van der Waals surface area contributed by atoms with Gasteiger partial charge in [0.1, 0.15) is 0 Å². The Hall–Kier alpha value is -2.64. The van der Waals surface area contributed by atoms with Crippen LogP contribution in [0.5, 0.6) is 0 Å². The van der Waals surface area contributed by atoms with Crippen molar-refractivity contribution in [3.05, 3.63) is 58.6 Å². The quantitative estimate of drug-likeness (QED) is 0.654. The number of hydrogen-bond donors (Lipinski definition) is 0. The van der Waals surface area contributed by atoms with Crippen LogP contribution in [0.4, 0.5) is 11.4 Å². The summed E-state index contributed by atoms with van der Waals surface area (Å²) in [6, 6.07) is 12.2. The first-order chi connectivity index (χ1) is 14.4. The number of amidine groups is 1. The van der Waals surface area contributed by atoms with E-state index in [2.05, 4.69) is 4.99 Å². The molecule has 8 heteroatoms. The fraction of sp³-hybridized carbons (Fsp3) is 0.273. The minimum absolute atomic E-state index is 0.162. The number of carbonyl (C=O) groups excluding carboxylic acids is 3. The Morgan fingerprint density at radius 1 is 1.07 bits per heavy atom. The van der Waals surface area contributed by atoms with Crippen molar-refractivity contribution in [3.8, 4) is 0 Å². The Bertz CT molecular complexity index is 1040. The molecule has 0 saturated carbocycles. The summed E-state index contributed by atoms with van der Waals surface area (Å²) in [6.07, 6.45) is 1.33. The highest BCUT2D eigenvalue weighted by Crippen LogP contribution is 2.28. The fourth-order valence-corrected chi connectivity index (χ4v) is 4.51. The first kappa shape index (κ1) is 20.6. The molecular formula is C22H20ClN3O3S. The second-order valence-corrected chi connectivity index (χ2v) is 8.63. The van der Waals surface area contributed by atoms with E-state index in [0.29, 0.717) is 33.7 Å². The van der Waals surface area contributed by atoms with Crippen LogP contribution >= 0.6 is 23.4 Å². The third kappa shape index (κ3) is 4.13. The molecule has 0 N–H and O–H groups in total. The molecule has 30 heavy (non-hydrogen) atoms. The third-order valence-corrected chi connectivity index (χ3v) is 6.51. The lowest BCUT2D eigenvalue weighted by molar-refractivity contribution is -0.121. The number of carbonyl (C=O) groups is 3. The van der Waals surface area contributed by atoms with E-state index in [9.17, 15) is 14.4 Å². The summed E-state index contributed by atoms with van der Waals surface area (Å²) < 4.78 is 0. The van der Waals surface area contributed by atoms with Crippen LogP contribution in [0.25, 0.3) is 0 Å². The normalized spacial score (nSPS) is 18.4. The van der Waals surface area contributed by atoms with Crippen LogP contribution in [0, 0.1) is 6.92 Å². The molecule has 2 fully saturated rings. The van der Waals surface area contributed by atoms with E-state index in [1.165, 1.54) is 16.7 Å². The van der Waals surface area contributed by atoms with Gasteiger partial charge in [0, 0.05) is 35.7 Å². The summed E-state index contributed by atoms with van der Waals surface area (Å²) in [5.41, 5.74) is 2.65. The number of aryl methyl sites for hydroxylation is 1. The van der Waals surface area contributed by atoms with Gasteiger partial charge in [-0.25, -0.2) is 4.99 Å². The summed E-state index contributed by atoms with van der Waals surface area (Å²) in [7, 11) is 0. The molecule has 0 spiro atoms. The number of amides is 3. The van der Waals surface area contributed by atoms with Gasteiger partial charge in [-0.1, -0.05) is 29.4 Å². The number of halogens is 1. The van der Waals surface area contributed by atoms with Crippen molar-refractivity contribution in [1.29, 1.82) is 0 Å². The Kier molecular flexibility index (Phi) is 5.92. The largest absolute Gasteiger partial charge is 0.287 e. The van der Waals surface area contributed by atoms with Gasteiger partial charge in [-0.05, 0) is 55.3 Å². The predicted molar refractivity (Wildman–Crippen MR) is 120 cm³/mol. The third-order valence-electron chi connectivity index (χ3n) is 5.04. The molecule has 2 heterocycles. The van der Waals surface area contributed by atoms with E-state index in [-0.39, 0.29) is 30.6 Å². The van der Waals surface area contributed by atoms with Crippen LogP contribution in [-0.2, 0) is 9.59 Å². The van der Waals surface area contributed by atoms with Crippen molar-refractivity contribution >= 4 is 57.6 Å². The molecule has 2 aromatic carbocycles. The van der Waals surface area contributed by atoms with Crippen molar-refractivity contribution in [1.82, 2.24) is 4.90 Å². The summed E-state index contributed by atoms with van der Waals surface area (Å²) >= 11 is 7.74. The minimum Gasteiger partial charge on any atom is -0.287 e. The van der Waals surface area contributed by atoms with E-state index in [0.717, 1.165) is 17.7 Å². The number of hydrogen-bond acceptors (Lipinski definition) is 5. The first-order valence-electron chi connectivity index (χ1n) is 9.69. The molecule has 2 aliphatic heterocycles. The number of anilines is 1. The lowest BCUT2D eigenvalue weighted by atomic mass is 10.1. The SMILES string of the molecule is Cc1ccc(N=C2SCCCN2C(=O)c2ccc(N3C(=O)CCC3=O)cc2)cc1Cl. The number of nitrogens with zero attached hydrogens (tertiary/aromatic N) is 3. The van der Waals surface area contributed by atoms with E-state index in [1.54, 1.807) is 35.2 Å². The summed E-state index contributed by atoms with van der Waals surface area (Å²) in [5.74, 6) is 0.306. The molecule has 154 valence electrons. The Morgan fingerprint density at radius 2 is 1.77 bits per heavy atom. The standard InChI is InChI=1S/C22H20ClN3O3S/c1-14-3-6-16(13-18(14)23)24-22-25(11-2-12-30-22)21(29)15-4-7-17(8-5-15)26-19(27)9-10-20(26)28/h3-8,13H,2,9-12H2,1H3. The van der Waals surface area contributed by atoms with Crippen molar-refractivity contribution in [2.45, 2.75) is 26.2 Å². The second-order valence-electron chi connectivity index (χ2n) is 7.16. The highest BCUT2D eigenvalue weighted by molar-refractivity contribution is 8.13. The van der Waals surface area contributed by atoms with Gasteiger partial charge in [-0.3, -0.25) is 24.2 Å². The van der Waals surface area contributed by atoms with Crippen LogP contribution < -0.4 is 4.90 Å². The van der Waals surface area contributed by atoms with Crippen molar-refractivity contribution in [2.75, 3.05) is 17.2 Å². The van der Waals surface area contributed by atoms with Crippen LogP contribution in [0.2, 0.25) is 5.02 Å². The number of aliphatic imine (C=N–C) groups is 1. The summed E-state index contributed by atoms with van der Waals surface area (Å²) in [5, 5.41) is 1.28. The molecule has 3 amide bonds. The highest BCUT2D eigenvalue weighted by Gasteiger charge is 2.31. The maximum Gasteiger partial charge on any atom is 0.259 e. The second kappa shape index (κ2) is 8.62. The zero-order valence-electron chi connectivity index (χ0n) is 16.4. The predicted octanol–water partition coefficient (Wildman–Crippen LogP) is 4.57. The first-order valence-corrected chi connectivity index (χ1v) is 11.1. The van der Waals surface area contributed by atoms with E-state index in [4.69, 9.17) is 11.6 Å². The Balaban J connectivity index is 1.57. The monoisotopic (exact) mass is 441 g/mol. The Morgan fingerprint density at radius 3 is 2.43 bits per heavy atom. The number of benzene rings is 2. The van der Waals surface area contributed by atoms with Gasteiger partial charge in [-0.15, -0.1) is 0 Å². The molecule has 2 aliphatic rings. The van der Waals surface area contributed by atoms with Gasteiger partial charge in [0.2, 0.25) is 11.8 Å². The summed E-state index contributed by atoms with van der Waals surface area (Å²) in [6.45, 7) is 2.51. The number of thioether (sulfide) groups is 1. The lowest BCUT2D eigenvalue weighted by Crippen LogP contribution is -2.39. The van der Waals surface area contributed by atoms with Crippen molar-refractivity contribution < 1.29 is 14.4 Å². The maximum atomic E-state index is 13.1. The van der Waals surface area contributed by atoms with E-state index in [1.807, 2.05) is 19.1 Å². The van der Waals surface area contributed by atoms with Crippen LogP contribution in [0.15, 0.2) is 47.5 Å². The molecule has 0 aliphatic carbocycles. The average molecular weight is 442 g/mol. The van der Waals surface area contributed by atoms with E-state index < -0.39 is 0 Å². The van der Waals surface area contributed by atoms with Crippen LogP contribution in [0.1, 0.15) is 35.2 Å². The minimum atomic E-state index is -0.210. The smallest absolute Gasteiger partial charge is 0.259 e. The van der Waals surface area contributed by atoms with Gasteiger partial charge in [0.15, 0.2) is 5.17 Å². The molecule has 0 aromatic heterocycles. The molecule has 0 atom stereocenters. The zero-order valence-corrected chi connectivity index (χ0v) is 18.0. The van der Waals surface area contributed by atoms with Crippen LogP contribution in [0.3, 0.4) is 0 Å². The van der Waals surface area contributed by atoms with Crippen LogP contribution in [-0.4, -0.2) is 40.1 Å². The van der Waals surface area contributed by atoms with Gasteiger partial charge in [0.05, 0.1) is 11.4 Å². The molecule has 0 radical (unpaired) electrons. The molecule has 2 saturated heterocycles. The Labute approximate surface area is 183 Å². The average Bonchev–Trinajstić information content (AvgIpc) is 3.09. The van der Waals surface area contributed by atoms with Gasteiger partial charge in [-0.2, -0.15) is 0 Å². The van der Waals surface area contributed by atoms with E-state index >= 15 is 0 Å². The molecule has 2 aromatic rings. The highest BCUT2D eigenvalue weighted by atomic mass is 35.5. The van der Waals surface area contributed by atoms with Gasteiger partial charge >= 0.3 is 0 Å². The fourth-order valence-electron chi connectivity index (χ4n) is 3.38. The number of rotatable bonds is 3. The van der Waals surface area contributed by atoms with Crippen molar-refractivity contribution in [2.24, 2.45) is 4.99 Å². The molecule has 4 rings (SSSR count). The summed E-state index contributed by atoms with van der Waals surface area (Å²) in [4.78, 5) is 44.5. The lowest BCUT2D eigenvalue weighted by Gasteiger charge is -2.28. The van der Waals surface area contributed by atoms with Crippen molar-refractivity contribution in [3.63, 3.8) is 0 Å². The molecular weight excluding hydrogens is 422 g/mol. The topological polar surface area (TPSA) is 70.1 Å². The molecule has 0 unspecified atom stereocenters. The molecule has 6 nitrogen and oxygen atoms in total. The zero-order chi connectivity index (χ0) is 21.3. The number of imide groups is 1. The maximum absolute atomic E-state index is 13.1. The van der Waals surface area contributed by atoms with Gasteiger partial charge < -0.3 is 0 Å². The molecule has 0 bridgehead atoms.